The van der Waals surface area contributed by atoms with Gasteiger partial charge in [0.1, 0.15) is 0 Å². The predicted octanol–water partition coefficient (Wildman–Crippen LogP) is 3.64. The van der Waals surface area contributed by atoms with Gasteiger partial charge in [0.25, 0.3) is 0 Å². The highest BCUT2D eigenvalue weighted by atomic mass is 79.9. The fraction of sp³-hybridized carbons (Fsp3) is 0.714. The first-order valence-corrected chi connectivity index (χ1v) is 8.10. The van der Waals surface area contributed by atoms with Crippen molar-refractivity contribution in [1.82, 2.24) is 5.32 Å². The minimum absolute atomic E-state index is 0.133. The molecule has 18 heavy (non-hydrogen) atoms. The average Bonchev–Trinajstić information content (AvgIpc) is 2.71. The van der Waals surface area contributed by atoms with Crippen LogP contribution >= 0.6 is 27.3 Å². The van der Waals surface area contributed by atoms with Crippen molar-refractivity contribution in [3.8, 4) is 0 Å². The van der Waals surface area contributed by atoms with Crippen molar-refractivity contribution in [2.75, 3.05) is 19.7 Å². The molecule has 1 aromatic heterocycles. The lowest BCUT2D eigenvalue weighted by Gasteiger charge is -2.26. The summed E-state index contributed by atoms with van der Waals surface area (Å²) >= 11 is 5.29. The van der Waals surface area contributed by atoms with Crippen LogP contribution in [0, 0.1) is 11.8 Å². The molecule has 1 rings (SSSR count). The monoisotopic (exact) mass is 333 g/mol. The van der Waals surface area contributed by atoms with Crippen LogP contribution < -0.4 is 5.32 Å². The van der Waals surface area contributed by atoms with Crippen molar-refractivity contribution in [3.63, 3.8) is 0 Å². The number of aliphatic hydroxyl groups excluding tert-OH is 1. The van der Waals surface area contributed by atoms with Crippen molar-refractivity contribution >= 4 is 27.3 Å². The molecule has 0 saturated carbocycles. The molecule has 0 bridgehead atoms. The number of hydrogen-bond donors (Lipinski definition) is 2. The molecular weight excluding hydrogens is 310 g/mol. The van der Waals surface area contributed by atoms with Crippen LogP contribution in [0.25, 0.3) is 0 Å². The predicted molar refractivity (Wildman–Crippen MR) is 83.3 cm³/mol. The number of hydrogen-bond acceptors (Lipinski definition) is 3. The van der Waals surface area contributed by atoms with E-state index in [1.54, 1.807) is 11.3 Å². The van der Waals surface area contributed by atoms with Crippen LogP contribution in [0.5, 0.6) is 0 Å². The van der Waals surface area contributed by atoms with Gasteiger partial charge in [-0.05, 0) is 33.8 Å². The molecule has 0 amide bonds. The molecule has 0 aliphatic heterocycles. The Morgan fingerprint density at radius 2 is 2.11 bits per heavy atom. The third kappa shape index (κ3) is 4.65. The Hall–Kier alpha value is 0.1000. The third-order valence-electron chi connectivity index (χ3n) is 3.39. The number of thiophene rings is 1. The molecule has 0 saturated heterocycles. The van der Waals surface area contributed by atoms with E-state index in [-0.39, 0.29) is 12.0 Å². The smallest absolute Gasteiger partial charge is 0.0473 e. The first kappa shape index (κ1) is 16.2. The van der Waals surface area contributed by atoms with Gasteiger partial charge in [0.05, 0.1) is 0 Å². The third-order valence-corrected chi connectivity index (χ3v) is 5.44. The van der Waals surface area contributed by atoms with Crippen LogP contribution in [0.3, 0.4) is 0 Å². The molecule has 1 atom stereocenters. The number of rotatable bonds is 7. The molecule has 0 aliphatic rings. The molecule has 1 unspecified atom stereocenters. The first-order chi connectivity index (χ1) is 8.36. The van der Waals surface area contributed by atoms with Crippen molar-refractivity contribution in [1.29, 1.82) is 0 Å². The molecule has 1 heterocycles. The van der Waals surface area contributed by atoms with Gasteiger partial charge in [-0.1, -0.05) is 27.7 Å². The van der Waals surface area contributed by atoms with Gasteiger partial charge < -0.3 is 10.4 Å². The van der Waals surface area contributed by atoms with Gasteiger partial charge in [-0.25, -0.2) is 0 Å². The zero-order chi connectivity index (χ0) is 13.8. The maximum Gasteiger partial charge on any atom is 0.0473 e. The average molecular weight is 334 g/mol. The lowest BCUT2D eigenvalue weighted by atomic mass is 9.90. The largest absolute Gasteiger partial charge is 0.396 e. The van der Waals surface area contributed by atoms with Crippen molar-refractivity contribution < 1.29 is 5.11 Å². The zero-order valence-corrected chi connectivity index (χ0v) is 14.1. The van der Waals surface area contributed by atoms with E-state index in [1.165, 1.54) is 4.88 Å². The Morgan fingerprint density at radius 3 is 2.56 bits per heavy atom. The normalized spacial score (nSPS) is 14.2. The van der Waals surface area contributed by atoms with E-state index in [2.05, 4.69) is 60.4 Å². The Balaban J connectivity index is 2.47. The van der Waals surface area contributed by atoms with E-state index in [4.69, 9.17) is 0 Å². The Kier molecular flexibility index (Phi) is 6.31. The summed E-state index contributed by atoms with van der Waals surface area (Å²) in [6, 6.07) is 2.19. The fourth-order valence-electron chi connectivity index (χ4n) is 1.84. The Bertz CT molecular complexity index is 362. The van der Waals surface area contributed by atoms with Gasteiger partial charge in [0.2, 0.25) is 0 Å². The highest BCUT2D eigenvalue weighted by Gasteiger charge is 2.23. The summed E-state index contributed by atoms with van der Waals surface area (Å²) in [5.41, 5.74) is 0.133. The molecule has 1 aromatic rings. The second-order valence-electron chi connectivity index (χ2n) is 5.83. The molecule has 104 valence electrons. The van der Waals surface area contributed by atoms with E-state index in [0.717, 1.165) is 17.6 Å². The van der Waals surface area contributed by atoms with Gasteiger partial charge in [-0.2, -0.15) is 0 Å². The molecule has 4 heteroatoms. The molecule has 0 spiro atoms. The first-order valence-electron chi connectivity index (χ1n) is 6.43. The molecule has 2 N–H and O–H groups in total. The maximum absolute atomic E-state index is 9.30. The minimum Gasteiger partial charge on any atom is -0.396 e. The van der Waals surface area contributed by atoms with E-state index in [9.17, 15) is 5.11 Å². The van der Waals surface area contributed by atoms with Crippen LogP contribution in [0.4, 0.5) is 0 Å². The highest BCUT2D eigenvalue weighted by Crippen LogP contribution is 2.31. The lowest BCUT2D eigenvalue weighted by molar-refractivity contribution is 0.184. The van der Waals surface area contributed by atoms with Crippen LogP contribution in [0.15, 0.2) is 15.9 Å². The second-order valence-corrected chi connectivity index (χ2v) is 7.66. The number of nitrogens with one attached hydrogen (secondary N) is 1. The van der Waals surface area contributed by atoms with Gasteiger partial charge in [-0.3, -0.25) is 0 Å². The summed E-state index contributed by atoms with van der Waals surface area (Å²) in [6.45, 7) is 10.9. The van der Waals surface area contributed by atoms with Crippen LogP contribution in [0.1, 0.15) is 32.6 Å². The maximum atomic E-state index is 9.30. The standard InChI is InChI=1S/C14H24BrNOS/c1-10(2)11(7-17)6-16-9-14(3,4)13-5-12(15)8-18-13/h5,8,10-11,16-17H,6-7,9H2,1-4H3. The molecule has 0 radical (unpaired) electrons. The van der Waals surface area contributed by atoms with Crippen molar-refractivity contribution in [2.45, 2.75) is 33.1 Å². The molecular formula is C14H24BrNOS. The summed E-state index contributed by atoms with van der Waals surface area (Å²) in [6.07, 6.45) is 0. The summed E-state index contributed by atoms with van der Waals surface area (Å²) in [5.74, 6) is 0.859. The quantitative estimate of drug-likeness (QED) is 0.798. The molecule has 2 nitrogen and oxygen atoms in total. The summed E-state index contributed by atoms with van der Waals surface area (Å²) in [7, 11) is 0. The van der Waals surface area contributed by atoms with E-state index < -0.39 is 0 Å². The molecule has 0 fully saturated rings. The SMILES string of the molecule is CC(C)C(CO)CNCC(C)(C)c1cc(Br)cs1. The Morgan fingerprint density at radius 1 is 1.44 bits per heavy atom. The van der Waals surface area contributed by atoms with Gasteiger partial charge in [0.15, 0.2) is 0 Å². The Labute approximate surface area is 123 Å². The minimum atomic E-state index is 0.133. The lowest BCUT2D eigenvalue weighted by Crippen LogP contribution is -2.37. The summed E-state index contributed by atoms with van der Waals surface area (Å²) < 4.78 is 1.16. The highest BCUT2D eigenvalue weighted by molar-refractivity contribution is 9.10. The molecule has 0 aliphatic carbocycles. The number of aliphatic hydroxyl groups is 1. The van der Waals surface area contributed by atoms with Crippen LogP contribution in [-0.2, 0) is 5.41 Å². The van der Waals surface area contributed by atoms with E-state index >= 15 is 0 Å². The van der Waals surface area contributed by atoms with Crippen LogP contribution in [-0.4, -0.2) is 24.8 Å². The fourth-order valence-corrected chi connectivity index (χ4v) is 3.39. The van der Waals surface area contributed by atoms with Crippen LogP contribution in [0.2, 0.25) is 0 Å². The van der Waals surface area contributed by atoms with Gasteiger partial charge in [-0.15, -0.1) is 11.3 Å². The van der Waals surface area contributed by atoms with E-state index in [0.29, 0.717) is 11.8 Å². The van der Waals surface area contributed by atoms with Gasteiger partial charge >= 0.3 is 0 Å². The molecule has 0 aromatic carbocycles. The topological polar surface area (TPSA) is 32.3 Å². The van der Waals surface area contributed by atoms with E-state index in [1.807, 2.05) is 0 Å². The summed E-state index contributed by atoms with van der Waals surface area (Å²) in [5, 5.41) is 14.9. The van der Waals surface area contributed by atoms with Gasteiger partial charge in [0, 0.05) is 39.8 Å². The number of halogens is 1. The second kappa shape index (κ2) is 7.04. The van der Waals surface area contributed by atoms with Crippen molar-refractivity contribution in [3.05, 3.63) is 20.8 Å². The summed E-state index contributed by atoms with van der Waals surface area (Å²) in [4.78, 5) is 1.38. The van der Waals surface area contributed by atoms with Crippen molar-refractivity contribution in [2.24, 2.45) is 11.8 Å². The zero-order valence-electron chi connectivity index (χ0n) is 11.7.